The Balaban J connectivity index is 0. The lowest BCUT2D eigenvalue weighted by atomic mass is 9.95. The maximum Gasteiger partial charge on any atom is 0.0459 e. The second kappa shape index (κ2) is 28.9. The van der Waals surface area contributed by atoms with Crippen molar-refractivity contribution < 1.29 is 10.2 Å². The van der Waals surface area contributed by atoms with E-state index in [2.05, 4.69) is 27.7 Å². The zero-order valence-corrected chi connectivity index (χ0v) is 21.6. The van der Waals surface area contributed by atoms with Crippen LogP contribution < -0.4 is 0 Å². The number of rotatable bonds is 22. The molecule has 0 aliphatic carbocycles. The molecule has 0 amide bonds. The first-order valence-electron chi connectivity index (χ1n) is 13.9. The van der Waals surface area contributed by atoms with Crippen molar-refractivity contribution in [1.82, 2.24) is 0 Å². The average molecular weight is 429 g/mol. The fourth-order valence-electron chi connectivity index (χ4n) is 4.09. The molecule has 0 saturated carbocycles. The lowest BCUT2D eigenvalue weighted by Crippen LogP contribution is -2.06. The standard InChI is InChI=1S/2C14H30O/c1-3-5-7-8-10-12-14(13-15)11-9-6-4-2;1-3-5-7-9-11-14(13-15)12-10-8-6-4-2/h2*14-15H,3-13H2,1-2H3. The summed E-state index contributed by atoms with van der Waals surface area (Å²) in [6.07, 6.45) is 26.3. The van der Waals surface area contributed by atoms with E-state index in [9.17, 15) is 10.2 Å². The molecule has 0 saturated heterocycles. The Labute approximate surface area is 191 Å². The zero-order chi connectivity index (χ0) is 22.7. The van der Waals surface area contributed by atoms with Crippen LogP contribution in [0.4, 0.5) is 0 Å². The molecule has 2 heteroatoms. The molecule has 0 heterocycles. The summed E-state index contributed by atoms with van der Waals surface area (Å²) in [5.41, 5.74) is 0. The highest BCUT2D eigenvalue weighted by Crippen LogP contribution is 2.18. The van der Waals surface area contributed by atoms with Gasteiger partial charge in [-0.05, 0) is 37.5 Å². The van der Waals surface area contributed by atoms with Gasteiger partial charge in [-0.2, -0.15) is 0 Å². The van der Waals surface area contributed by atoms with E-state index in [1.807, 2.05) is 0 Å². The van der Waals surface area contributed by atoms with Gasteiger partial charge in [-0.1, -0.05) is 130 Å². The molecule has 184 valence electrons. The van der Waals surface area contributed by atoms with Crippen molar-refractivity contribution in [3.63, 3.8) is 0 Å². The highest BCUT2D eigenvalue weighted by molar-refractivity contribution is 4.59. The summed E-state index contributed by atoms with van der Waals surface area (Å²) in [6.45, 7) is 9.78. The molecule has 0 aromatic heterocycles. The number of hydrogen-bond donors (Lipinski definition) is 2. The van der Waals surface area contributed by atoms with Gasteiger partial charge in [-0.3, -0.25) is 0 Å². The molecular weight excluding hydrogens is 368 g/mol. The monoisotopic (exact) mass is 428 g/mol. The topological polar surface area (TPSA) is 40.5 Å². The fraction of sp³-hybridized carbons (Fsp3) is 1.00. The summed E-state index contributed by atoms with van der Waals surface area (Å²) in [4.78, 5) is 0. The van der Waals surface area contributed by atoms with E-state index in [1.165, 1.54) is 128 Å². The number of unbranched alkanes of at least 4 members (excludes halogenated alkanes) is 12. The maximum absolute atomic E-state index is 9.24. The van der Waals surface area contributed by atoms with E-state index in [0.29, 0.717) is 25.0 Å². The largest absolute Gasteiger partial charge is 0.396 e. The summed E-state index contributed by atoms with van der Waals surface area (Å²) in [5, 5.41) is 18.5. The van der Waals surface area contributed by atoms with Crippen LogP contribution in [0.2, 0.25) is 0 Å². The van der Waals surface area contributed by atoms with Crippen LogP contribution in [0, 0.1) is 11.8 Å². The Bertz CT molecular complexity index is 268. The molecular formula is C28H60O2. The van der Waals surface area contributed by atoms with Crippen LogP contribution in [0.25, 0.3) is 0 Å². The highest BCUT2D eigenvalue weighted by Gasteiger charge is 2.07. The second-order valence-corrected chi connectivity index (χ2v) is 9.49. The van der Waals surface area contributed by atoms with Gasteiger partial charge >= 0.3 is 0 Å². The minimum absolute atomic E-state index is 0.400. The van der Waals surface area contributed by atoms with Gasteiger partial charge in [0.2, 0.25) is 0 Å². The van der Waals surface area contributed by atoms with Crippen LogP contribution in [-0.4, -0.2) is 23.4 Å². The van der Waals surface area contributed by atoms with E-state index in [1.54, 1.807) is 0 Å². The molecule has 1 atom stereocenters. The highest BCUT2D eigenvalue weighted by atomic mass is 16.3. The molecule has 0 aromatic carbocycles. The van der Waals surface area contributed by atoms with Crippen molar-refractivity contribution in [1.29, 1.82) is 0 Å². The minimum Gasteiger partial charge on any atom is -0.396 e. The van der Waals surface area contributed by atoms with Crippen LogP contribution in [0.15, 0.2) is 0 Å². The van der Waals surface area contributed by atoms with Crippen molar-refractivity contribution in [3.05, 3.63) is 0 Å². The Kier molecular flexibility index (Phi) is 30.9. The summed E-state index contributed by atoms with van der Waals surface area (Å²) >= 11 is 0. The van der Waals surface area contributed by atoms with Crippen LogP contribution >= 0.6 is 0 Å². The lowest BCUT2D eigenvalue weighted by molar-refractivity contribution is 0.204. The molecule has 0 aromatic rings. The molecule has 0 bridgehead atoms. The fourth-order valence-corrected chi connectivity index (χ4v) is 4.09. The molecule has 0 aliphatic rings. The van der Waals surface area contributed by atoms with E-state index in [0.717, 1.165) is 0 Å². The quantitative estimate of drug-likeness (QED) is 0.169. The van der Waals surface area contributed by atoms with Gasteiger partial charge < -0.3 is 10.2 Å². The average Bonchev–Trinajstić information content (AvgIpc) is 2.77. The smallest absolute Gasteiger partial charge is 0.0459 e. The third-order valence-electron chi connectivity index (χ3n) is 6.38. The summed E-state index contributed by atoms with van der Waals surface area (Å²) in [7, 11) is 0. The van der Waals surface area contributed by atoms with Crippen molar-refractivity contribution in [2.75, 3.05) is 13.2 Å². The van der Waals surface area contributed by atoms with Gasteiger partial charge in [-0.25, -0.2) is 0 Å². The molecule has 1 unspecified atom stereocenters. The summed E-state index contributed by atoms with van der Waals surface area (Å²) < 4.78 is 0. The Morgan fingerprint density at radius 1 is 0.367 bits per heavy atom. The van der Waals surface area contributed by atoms with Crippen LogP contribution in [0.1, 0.15) is 156 Å². The Morgan fingerprint density at radius 3 is 0.900 bits per heavy atom. The van der Waals surface area contributed by atoms with Crippen molar-refractivity contribution in [2.45, 2.75) is 156 Å². The first-order chi connectivity index (χ1) is 14.7. The third kappa shape index (κ3) is 26.0. The van der Waals surface area contributed by atoms with Gasteiger partial charge in [0.25, 0.3) is 0 Å². The third-order valence-corrected chi connectivity index (χ3v) is 6.38. The van der Waals surface area contributed by atoms with Crippen LogP contribution in [0.3, 0.4) is 0 Å². The Hall–Kier alpha value is -0.0800. The molecule has 0 spiro atoms. The first-order valence-corrected chi connectivity index (χ1v) is 13.9. The molecule has 0 aliphatic heterocycles. The minimum atomic E-state index is 0.400. The van der Waals surface area contributed by atoms with E-state index < -0.39 is 0 Å². The lowest BCUT2D eigenvalue weighted by Gasteiger charge is -2.13. The van der Waals surface area contributed by atoms with E-state index >= 15 is 0 Å². The molecule has 0 rings (SSSR count). The normalized spacial score (nSPS) is 12.1. The SMILES string of the molecule is CCCCCCC(CO)CCCCCC.CCCCCCCC(CO)CCCCC. The molecule has 30 heavy (non-hydrogen) atoms. The summed E-state index contributed by atoms with van der Waals surface area (Å²) in [6, 6.07) is 0. The Morgan fingerprint density at radius 2 is 0.600 bits per heavy atom. The number of hydrogen-bond acceptors (Lipinski definition) is 2. The first kappa shape index (κ1) is 32.1. The maximum atomic E-state index is 9.24. The van der Waals surface area contributed by atoms with Gasteiger partial charge in [-0.15, -0.1) is 0 Å². The van der Waals surface area contributed by atoms with Crippen molar-refractivity contribution >= 4 is 0 Å². The van der Waals surface area contributed by atoms with Crippen molar-refractivity contribution in [2.24, 2.45) is 11.8 Å². The van der Waals surface area contributed by atoms with Gasteiger partial charge in [0.05, 0.1) is 0 Å². The van der Waals surface area contributed by atoms with Crippen molar-refractivity contribution in [3.8, 4) is 0 Å². The summed E-state index contributed by atoms with van der Waals surface area (Å²) in [5.74, 6) is 1.16. The van der Waals surface area contributed by atoms with E-state index in [-0.39, 0.29) is 0 Å². The van der Waals surface area contributed by atoms with Crippen LogP contribution in [-0.2, 0) is 0 Å². The molecule has 0 radical (unpaired) electrons. The van der Waals surface area contributed by atoms with E-state index in [4.69, 9.17) is 0 Å². The number of aliphatic hydroxyl groups excluding tert-OH is 2. The van der Waals surface area contributed by atoms with Gasteiger partial charge in [0.15, 0.2) is 0 Å². The predicted octanol–water partition coefficient (Wildman–Crippen LogP) is 9.07. The number of aliphatic hydroxyl groups is 2. The molecule has 2 nitrogen and oxygen atoms in total. The van der Waals surface area contributed by atoms with Crippen LogP contribution in [0.5, 0.6) is 0 Å². The van der Waals surface area contributed by atoms with Gasteiger partial charge in [0.1, 0.15) is 0 Å². The van der Waals surface area contributed by atoms with Gasteiger partial charge in [0, 0.05) is 13.2 Å². The molecule has 0 fully saturated rings. The second-order valence-electron chi connectivity index (χ2n) is 9.49. The predicted molar refractivity (Wildman–Crippen MR) is 136 cm³/mol. The molecule has 2 N–H and O–H groups in total. The zero-order valence-electron chi connectivity index (χ0n) is 21.6.